The third-order valence-electron chi connectivity index (χ3n) is 3.02. The fourth-order valence-corrected chi connectivity index (χ4v) is 2.45. The van der Waals surface area contributed by atoms with Crippen LogP contribution in [0.5, 0.6) is 0 Å². The summed E-state index contributed by atoms with van der Waals surface area (Å²) in [5, 5.41) is 0. The van der Waals surface area contributed by atoms with Gasteiger partial charge in [-0.1, -0.05) is 56.1 Å². The predicted octanol–water partition coefficient (Wildman–Crippen LogP) is 4.21. The van der Waals surface area contributed by atoms with Crippen molar-refractivity contribution in [2.24, 2.45) is 0 Å². The molecular weight excluding hydrogens is 428 g/mol. The molecule has 0 atom stereocenters. The molecule has 2 aromatic carbocycles. The van der Waals surface area contributed by atoms with Crippen LogP contribution in [-0.4, -0.2) is 23.6 Å². The number of esters is 1. The zero-order valence-electron chi connectivity index (χ0n) is 12.1. The van der Waals surface area contributed by atoms with Crippen molar-refractivity contribution in [1.82, 2.24) is 0 Å². The van der Waals surface area contributed by atoms with Gasteiger partial charge in [0.1, 0.15) is 0 Å². The summed E-state index contributed by atoms with van der Waals surface area (Å²) in [6, 6.07) is 13.0. The standard InChI is InChI=1S/C17H12Br2O4/c1-10(20)23-17(15(21)11-2-6-13(18)7-3-11)16(22)12-4-8-14(19)9-5-12/h2-9,17H,1H3. The zero-order valence-corrected chi connectivity index (χ0v) is 15.3. The van der Waals surface area contributed by atoms with Gasteiger partial charge in [-0.3, -0.25) is 14.4 Å². The van der Waals surface area contributed by atoms with E-state index in [-0.39, 0.29) is 0 Å². The van der Waals surface area contributed by atoms with E-state index in [0.717, 1.165) is 15.9 Å². The van der Waals surface area contributed by atoms with E-state index >= 15 is 0 Å². The molecule has 2 rings (SSSR count). The Balaban J connectivity index is 2.34. The van der Waals surface area contributed by atoms with Gasteiger partial charge in [0.05, 0.1) is 0 Å². The van der Waals surface area contributed by atoms with Gasteiger partial charge in [-0.25, -0.2) is 0 Å². The lowest BCUT2D eigenvalue weighted by Gasteiger charge is -2.15. The van der Waals surface area contributed by atoms with E-state index in [4.69, 9.17) is 4.74 Å². The lowest BCUT2D eigenvalue weighted by Crippen LogP contribution is -2.34. The van der Waals surface area contributed by atoms with Gasteiger partial charge in [-0.05, 0) is 24.3 Å². The highest BCUT2D eigenvalue weighted by Crippen LogP contribution is 2.17. The first-order valence-corrected chi connectivity index (χ1v) is 8.24. The molecule has 0 aliphatic heterocycles. The molecular formula is C17H12Br2O4. The topological polar surface area (TPSA) is 60.4 Å². The molecule has 4 nitrogen and oxygen atoms in total. The van der Waals surface area contributed by atoms with Crippen molar-refractivity contribution in [3.05, 3.63) is 68.6 Å². The van der Waals surface area contributed by atoms with Crippen molar-refractivity contribution >= 4 is 49.4 Å². The molecule has 0 fully saturated rings. The molecule has 6 heteroatoms. The number of ether oxygens (including phenoxy) is 1. The minimum absolute atomic E-state index is 0.296. The fourth-order valence-electron chi connectivity index (χ4n) is 1.92. The van der Waals surface area contributed by atoms with Gasteiger partial charge in [0, 0.05) is 27.0 Å². The van der Waals surface area contributed by atoms with E-state index in [2.05, 4.69) is 31.9 Å². The van der Waals surface area contributed by atoms with Crippen LogP contribution in [0.1, 0.15) is 27.6 Å². The van der Waals surface area contributed by atoms with Gasteiger partial charge in [0.15, 0.2) is 0 Å². The van der Waals surface area contributed by atoms with E-state index in [1.165, 1.54) is 0 Å². The summed E-state index contributed by atoms with van der Waals surface area (Å²) in [5.74, 6) is -1.80. The zero-order chi connectivity index (χ0) is 17.0. The molecule has 0 heterocycles. The van der Waals surface area contributed by atoms with Crippen molar-refractivity contribution in [3.63, 3.8) is 0 Å². The van der Waals surface area contributed by atoms with E-state index in [1.807, 2.05) is 0 Å². The summed E-state index contributed by atoms with van der Waals surface area (Å²) in [4.78, 5) is 36.4. The molecule has 0 bridgehead atoms. The average Bonchev–Trinajstić information content (AvgIpc) is 2.52. The molecule has 23 heavy (non-hydrogen) atoms. The van der Waals surface area contributed by atoms with E-state index in [9.17, 15) is 14.4 Å². The molecule has 0 amide bonds. The fraction of sp³-hybridized carbons (Fsp3) is 0.118. The molecule has 0 aromatic heterocycles. The second kappa shape index (κ2) is 7.66. The second-order valence-corrected chi connectivity index (χ2v) is 6.56. The van der Waals surface area contributed by atoms with Crippen molar-refractivity contribution in [1.29, 1.82) is 0 Å². The summed E-state index contributed by atoms with van der Waals surface area (Å²) >= 11 is 6.55. The number of hydrogen-bond acceptors (Lipinski definition) is 4. The Bertz CT molecular complexity index is 679. The predicted molar refractivity (Wildman–Crippen MR) is 92.5 cm³/mol. The number of rotatable bonds is 5. The largest absolute Gasteiger partial charge is 0.446 e. The Morgan fingerprint density at radius 1 is 0.783 bits per heavy atom. The SMILES string of the molecule is CC(=O)OC(C(=O)c1ccc(Br)cc1)C(=O)c1ccc(Br)cc1. The summed E-state index contributed by atoms with van der Waals surface area (Å²) in [5.41, 5.74) is 0.592. The Labute approximate surface area is 150 Å². The number of benzene rings is 2. The molecule has 0 unspecified atom stereocenters. The summed E-state index contributed by atoms with van der Waals surface area (Å²) in [7, 11) is 0. The summed E-state index contributed by atoms with van der Waals surface area (Å²) in [6.45, 7) is 1.16. The molecule has 0 aliphatic rings. The third kappa shape index (κ3) is 4.59. The number of carbonyl (C=O) groups is 3. The Kier molecular flexibility index (Phi) is 5.85. The maximum absolute atomic E-state index is 12.6. The number of ketones is 2. The highest BCUT2D eigenvalue weighted by molar-refractivity contribution is 9.10. The Morgan fingerprint density at radius 3 is 1.43 bits per heavy atom. The molecule has 2 aromatic rings. The van der Waals surface area contributed by atoms with E-state index in [0.29, 0.717) is 11.1 Å². The van der Waals surface area contributed by atoms with Crippen LogP contribution in [0.4, 0.5) is 0 Å². The summed E-state index contributed by atoms with van der Waals surface area (Å²) in [6.07, 6.45) is -1.49. The van der Waals surface area contributed by atoms with Crippen molar-refractivity contribution < 1.29 is 19.1 Å². The molecule has 0 saturated carbocycles. The molecule has 0 spiro atoms. The van der Waals surface area contributed by atoms with Gasteiger partial charge < -0.3 is 4.74 Å². The van der Waals surface area contributed by atoms with Crippen LogP contribution in [0, 0.1) is 0 Å². The number of carbonyl (C=O) groups excluding carboxylic acids is 3. The van der Waals surface area contributed by atoms with Crippen LogP contribution >= 0.6 is 31.9 Å². The number of hydrogen-bond donors (Lipinski definition) is 0. The normalized spacial score (nSPS) is 10.4. The minimum atomic E-state index is -1.49. The number of Topliss-reactive ketones (excluding diaryl/α,β-unsaturated/α-hetero) is 2. The van der Waals surface area contributed by atoms with Crippen LogP contribution in [0.25, 0.3) is 0 Å². The quantitative estimate of drug-likeness (QED) is 0.397. The molecule has 118 valence electrons. The second-order valence-electron chi connectivity index (χ2n) is 4.73. The van der Waals surface area contributed by atoms with Crippen molar-refractivity contribution in [2.75, 3.05) is 0 Å². The lowest BCUT2D eigenvalue weighted by atomic mass is 9.98. The highest BCUT2D eigenvalue weighted by atomic mass is 79.9. The smallest absolute Gasteiger partial charge is 0.303 e. The molecule has 0 saturated heterocycles. The monoisotopic (exact) mass is 438 g/mol. The minimum Gasteiger partial charge on any atom is -0.446 e. The van der Waals surface area contributed by atoms with Crippen LogP contribution in [-0.2, 0) is 9.53 Å². The van der Waals surface area contributed by atoms with Crippen molar-refractivity contribution in [3.8, 4) is 0 Å². The van der Waals surface area contributed by atoms with Gasteiger partial charge in [0.25, 0.3) is 0 Å². The van der Waals surface area contributed by atoms with Crippen molar-refractivity contribution in [2.45, 2.75) is 13.0 Å². The third-order valence-corrected chi connectivity index (χ3v) is 4.07. The number of halogens is 2. The Morgan fingerprint density at radius 2 is 1.13 bits per heavy atom. The van der Waals surface area contributed by atoms with Gasteiger partial charge in [-0.15, -0.1) is 0 Å². The van der Waals surface area contributed by atoms with Crippen LogP contribution in [0.15, 0.2) is 57.5 Å². The summed E-state index contributed by atoms with van der Waals surface area (Å²) < 4.78 is 6.59. The lowest BCUT2D eigenvalue weighted by molar-refractivity contribution is -0.142. The first kappa shape index (κ1) is 17.6. The average molecular weight is 440 g/mol. The molecule has 0 aliphatic carbocycles. The van der Waals surface area contributed by atoms with Crippen LogP contribution < -0.4 is 0 Å². The van der Waals surface area contributed by atoms with Crippen LogP contribution in [0.2, 0.25) is 0 Å². The van der Waals surface area contributed by atoms with Gasteiger partial charge in [-0.2, -0.15) is 0 Å². The van der Waals surface area contributed by atoms with E-state index in [1.54, 1.807) is 48.5 Å². The van der Waals surface area contributed by atoms with Gasteiger partial charge >= 0.3 is 5.97 Å². The van der Waals surface area contributed by atoms with Crippen LogP contribution in [0.3, 0.4) is 0 Å². The van der Waals surface area contributed by atoms with E-state index < -0.39 is 23.6 Å². The van der Waals surface area contributed by atoms with Gasteiger partial charge in [0.2, 0.25) is 17.7 Å². The molecule has 0 N–H and O–H groups in total. The molecule has 0 radical (unpaired) electrons. The highest BCUT2D eigenvalue weighted by Gasteiger charge is 2.31. The Hall–Kier alpha value is -1.79. The maximum Gasteiger partial charge on any atom is 0.303 e. The first-order valence-electron chi connectivity index (χ1n) is 6.65. The first-order chi connectivity index (χ1) is 10.9. The maximum atomic E-state index is 12.6.